The summed E-state index contributed by atoms with van der Waals surface area (Å²) in [5, 5.41) is 0. The van der Waals surface area contributed by atoms with E-state index in [9.17, 15) is 18.6 Å². The van der Waals surface area contributed by atoms with Crippen molar-refractivity contribution in [1.29, 1.82) is 0 Å². The number of rotatable bonds is 9. The molecule has 29 heavy (non-hydrogen) atoms. The monoisotopic (exact) mass is 478 g/mol. The van der Waals surface area contributed by atoms with Gasteiger partial charge in [0.15, 0.2) is 0 Å². The second kappa shape index (κ2) is 9.47. The summed E-state index contributed by atoms with van der Waals surface area (Å²) in [7, 11) is -16.0. The number of phosphoric ester groups is 1. The third-order valence-electron chi connectivity index (χ3n) is 6.03. The Hall–Kier alpha value is 0.370. The lowest BCUT2D eigenvalue weighted by Crippen LogP contribution is -2.38. The Labute approximate surface area is 169 Å². The molecule has 3 unspecified atom stereocenters. The van der Waals surface area contributed by atoms with Crippen LogP contribution in [0.2, 0.25) is 0 Å². The lowest BCUT2D eigenvalue weighted by molar-refractivity contribution is -0.0564. The van der Waals surface area contributed by atoms with Gasteiger partial charge in [0.05, 0.1) is 18.8 Å². The van der Waals surface area contributed by atoms with Gasteiger partial charge in [0.1, 0.15) is 0 Å². The van der Waals surface area contributed by atoms with Crippen molar-refractivity contribution in [2.75, 3.05) is 6.61 Å². The van der Waals surface area contributed by atoms with Crippen LogP contribution in [0.4, 0.5) is 0 Å². The molecule has 0 amide bonds. The summed E-state index contributed by atoms with van der Waals surface area (Å²) in [6.07, 6.45) is 9.99. The van der Waals surface area contributed by atoms with Crippen LogP contribution < -0.4 is 0 Å². The summed E-state index contributed by atoms with van der Waals surface area (Å²) >= 11 is 0. The number of ether oxygens (including phenoxy) is 1. The first-order valence-corrected chi connectivity index (χ1v) is 14.4. The molecule has 4 N–H and O–H groups in total. The zero-order valence-corrected chi connectivity index (χ0v) is 18.6. The molecule has 0 spiro atoms. The average Bonchev–Trinajstić information content (AvgIpc) is 2.98. The first-order valence-electron chi connectivity index (χ1n) is 9.86. The fraction of sp³-hybridized carbons (Fsp3) is 1.00. The maximum absolute atomic E-state index is 11.8. The Morgan fingerprint density at radius 2 is 1.41 bits per heavy atom. The highest BCUT2D eigenvalue weighted by atomic mass is 31.3. The molecule has 3 fully saturated rings. The second-order valence-electron chi connectivity index (χ2n) is 8.15. The van der Waals surface area contributed by atoms with Gasteiger partial charge in [-0.05, 0) is 43.4 Å². The van der Waals surface area contributed by atoms with E-state index in [1.165, 1.54) is 32.1 Å². The SMILES string of the molecule is O=P(O)(O)OP(=O)(O)OP(=O)(O)OC[C@@H]1CCC(C2CC(C3CCCCC3)C2)O1. The van der Waals surface area contributed by atoms with Gasteiger partial charge in [-0.2, -0.15) is 8.62 Å². The summed E-state index contributed by atoms with van der Waals surface area (Å²) in [4.78, 5) is 35.7. The van der Waals surface area contributed by atoms with Crippen molar-refractivity contribution in [3.63, 3.8) is 0 Å². The Kier molecular flexibility index (Phi) is 7.85. The Morgan fingerprint density at radius 1 is 0.759 bits per heavy atom. The second-order valence-corrected chi connectivity index (χ2v) is 12.6. The molecule has 0 aromatic carbocycles. The van der Waals surface area contributed by atoms with Crippen LogP contribution in [-0.2, 0) is 31.6 Å². The largest absolute Gasteiger partial charge is 0.490 e. The maximum atomic E-state index is 11.8. The minimum atomic E-state index is -5.48. The Bertz CT molecular complexity index is 698. The highest BCUT2D eigenvalue weighted by Gasteiger charge is 2.44. The van der Waals surface area contributed by atoms with E-state index >= 15 is 0 Å². The van der Waals surface area contributed by atoms with E-state index in [0.717, 1.165) is 31.1 Å². The molecule has 1 aliphatic heterocycles. The minimum Gasteiger partial charge on any atom is -0.372 e. The fourth-order valence-electron chi connectivity index (χ4n) is 4.69. The molecule has 170 valence electrons. The maximum Gasteiger partial charge on any atom is 0.490 e. The molecule has 4 atom stereocenters. The van der Waals surface area contributed by atoms with E-state index in [4.69, 9.17) is 19.4 Å². The number of phosphoric acid groups is 3. The van der Waals surface area contributed by atoms with Crippen molar-refractivity contribution in [2.45, 2.75) is 70.0 Å². The molecule has 3 aliphatic rings. The van der Waals surface area contributed by atoms with Gasteiger partial charge in [0.2, 0.25) is 0 Å². The molecule has 0 aromatic rings. The number of hydrogen-bond acceptors (Lipinski definition) is 7. The van der Waals surface area contributed by atoms with Gasteiger partial charge in [-0.15, -0.1) is 0 Å². The summed E-state index contributed by atoms with van der Waals surface area (Å²) in [6, 6.07) is 0. The van der Waals surface area contributed by atoms with E-state index < -0.39 is 29.6 Å². The smallest absolute Gasteiger partial charge is 0.372 e. The quantitative estimate of drug-likeness (QED) is 0.358. The molecule has 14 heteroatoms. The summed E-state index contributed by atoms with van der Waals surface area (Å²) in [6.45, 7) is -0.348. The molecule has 1 heterocycles. The zero-order chi connectivity index (χ0) is 21.3. The fourth-order valence-corrected chi connectivity index (χ4v) is 7.74. The standard InChI is InChI=1S/C15H29O11P3/c16-27(17,18)25-29(21,22)26-28(19,20)23-10-14-6-7-15(24-14)13-8-12(9-13)11-4-2-1-3-5-11/h11-15H,1-10H2,(H,19,20)(H,21,22)(H2,16,17,18)/t12?,13?,14-,15?/m0/s1. The molecule has 1 saturated heterocycles. The molecule has 2 aliphatic carbocycles. The Morgan fingerprint density at radius 3 is 2.03 bits per heavy atom. The minimum absolute atomic E-state index is 0.0735. The highest BCUT2D eigenvalue weighted by molar-refractivity contribution is 7.66. The molecule has 3 rings (SSSR count). The Balaban J connectivity index is 1.38. The van der Waals surface area contributed by atoms with E-state index in [1.54, 1.807) is 0 Å². The van der Waals surface area contributed by atoms with Crippen molar-refractivity contribution < 1.29 is 51.2 Å². The van der Waals surface area contributed by atoms with Crippen LogP contribution in [0.3, 0.4) is 0 Å². The van der Waals surface area contributed by atoms with Gasteiger partial charge >= 0.3 is 23.5 Å². The summed E-state index contributed by atoms with van der Waals surface area (Å²) in [5.74, 6) is 2.10. The van der Waals surface area contributed by atoms with E-state index in [1.807, 2.05) is 0 Å². The van der Waals surface area contributed by atoms with Gasteiger partial charge in [-0.1, -0.05) is 32.1 Å². The van der Waals surface area contributed by atoms with Crippen molar-refractivity contribution in [3.05, 3.63) is 0 Å². The molecule has 0 radical (unpaired) electrons. The van der Waals surface area contributed by atoms with E-state index in [2.05, 4.69) is 13.1 Å². The molecular formula is C15H29O11P3. The molecule has 0 aromatic heterocycles. The van der Waals surface area contributed by atoms with Crippen LogP contribution in [0.1, 0.15) is 57.8 Å². The summed E-state index contributed by atoms with van der Waals surface area (Å²) in [5.41, 5.74) is 0. The summed E-state index contributed by atoms with van der Waals surface area (Å²) < 4.78 is 51.6. The van der Waals surface area contributed by atoms with Gasteiger partial charge in [-0.3, -0.25) is 4.52 Å². The molecular weight excluding hydrogens is 449 g/mol. The van der Waals surface area contributed by atoms with Crippen molar-refractivity contribution in [2.24, 2.45) is 17.8 Å². The predicted molar refractivity (Wildman–Crippen MR) is 101 cm³/mol. The lowest BCUT2D eigenvalue weighted by atomic mass is 9.63. The van der Waals surface area contributed by atoms with Crippen molar-refractivity contribution >= 4 is 23.5 Å². The van der Waals surface area contributed by atoms with Gasteiger partial charge < -0.3 is 24.3 Å². The van der Waals surface area contributed by atoms with Crippen LogP contribution in [0.5, 0.6) is 0 Å². The first-order chi connectivity index (χ1) is 13.4. The third kappa shape index (κ3) is 7.48. The topological polar surface area (TPSA) is 169 Å². The lowest BCUT2D eigenvalue weighted by Gasteiger charge is -2.44. The van der Waals surface area contributed by atoms with Crippen LogP contribution in [0, 0.1) is 17.8 Å². The molecule has 2 saturated carbocycles. The van der Waals surface area contributed by atoms with Crippen LogP contribution in [-0.4, -0.2) is 38.4 Å². The number of hydrogen-bond donors (Lipinski definition) is 4. The normalized spacial score (nSPS) is 35.6. The highest BCUT2D eigenvalue weighted by Crippen LogP contribution is 2.66. The first kappa shape index (κ1) is 24.0. The van der Waals surface area contributed by atoms with Gasteiger partial charge in [-0.25, -0.2) is 13.7 Å². The molecule has 11 nitrogen and oxygen atoms in total. The van der Waals surface area contributed by atoms with Gasteiger partial charge in [0.25, 0.3) is 0 Å². The van der Waals surface area contributed by atoms with Crippen molar-refractivity contribution in [3.8, 4) is 0 Å². The zero-order valence-electron chi connectivity index (χ0n) is 15.9. The predicted octanol–water partition coefficient (Wildman–Crippen LogP) is 3.48. The van der Waals surface area contributed by atoms with Crippen molar-refractivity contribution in [1.82, 2.24) is 0 Å². The van der Waals surface area contributed by atoms with Crippen LogP contribution >= 0.6 is 23.5 Å². The van der Waals surface area contributed by atoms with Gasteiger partial charge in [0, 0.05) is 0 Å². The van der Waals surface area contributed by atoms with E-state index in [0.29, 0.717) is 12.3 Å². The third-order valence-corrected chi connectivity index (χ3v) is 9.84. The molecule has 0 bridgehead atoms. The van der Waals surface area contributed by atoms with E-state index in [-0.39, 0.29) is 12.7 Å². The van der Waals surface area contributed by atoms with Crippen LogP contribution in [0.15, 0.2) is 0 Å². The average molecular weight is 478 g/mol. The van der Waals surface area contributed by atoms with Crippen LogP contribution in [0.25, 0.3) is 0 Å².